The van der Waals surface area contributed by atoms with Gasteiger partial charge >= 0.3 is 0 Å². The smallest absolute Gasteiger partial charge is 0.299 e. The first kappa shape index (κ1) is 17.5. The Morgan fingerprint density at radius 3 is 2.60 bits per heavy atom. The Morgan fingerprint density at radius 1 is 1.16 bits per heavy atom. The lowest BCUT2D eigenvalue weighted by molar-refractivity contribution is -0.138. The molecule has 2 aliphatic rings. The van der Waals surface area contributed by atoms with Crippen molar-refractivity contribution in [3.63, 3.8) is 0 Å². The first-order valence-electron chi connectivity index (χ1n) is 8.98. The third kappa shape index (κ3) is 5.07. The summed E-state index contributed by atoms with van der Waals surface area (Å²) in [4.78, 5) is 28.4. The number of hydrogen-bond donors (Lipinski definition) is 0. The van der Waals surface area contributed by atoms with E-state index in [9.17, 15) is 9.59 Å². The van der Waals surface area contributed by atoms with Gasteiger partial charge in [-0.15, -0.1) is 0 Å². The highest BCUT2D eigenvalue weighted by Gasteiger charge is 2.26. The minimum Gasteiger partial charge on any atom is -0.376 e. The van der Waals surface area contributed by atoms with E-state index in [-0.39, 0.29) is 24.5 Å². The number of carbonyl (C=O) groups is 2. The molecule has 2 amide bonds. The van der Waals surface area contributed by atoms with E-state index in [0.717, 1.165) is 50.9 Å². The molecule has 0 aromatic heterocycles. The zero-order valence-electron chi connectivity index (χ0n) is 14.4. The van der Waals surface area contributed by atoms with Crippen LogP contribution in [0, 0.1) is 11.8 Å². The Balaban J connectivity index is 1.67. The number of ether oxygens (including phenoxy) is 1. The first-order chi connectivity index (χ1) is 12.2. The molecule has 132 valence electrons. The van der Waals surface area contributed by atoms with Gasteiger partial charge in [-0.25, -0.2) is 0 Å². The Labute approximate surface area is 148 Å². The van der Waals surface area contributed by atoms with Crippen LogP contribution in [-0.4, -0.2) is 60.5 Å². The Morgan fingerprint density at radius 2 is 1.92 bits per heavy atom. The van der Waals surface area contributed by atoms with Crippen LogP contribution in [0.25, 0.3) is 0 Å². The number of rotatable bonds is 4. The summed E-state index contributed by atoms with van der Waals surface area (Å²) in [7, 11) is 0. The molecule has 0 bridgehead atoms. The van der Waals surface area contributed by atoms with Crippen molar-refractivity contribution in [3.05, 3.63) is 35.9 Å². The topological polar surface area (TPSA) is 49.9 Å². The molecule has 3 rings (SSSR count). The van der Waals surface area contributed by atoms with Gasteiger partial charge < -0.3 is 14.5 Å². The third-order valence-electron chi connectivity index (χ3n) is 4.61. The number of nitrogens with zero attached hydrogens (tertiary/aromatic N) is 2. The Bertz CT molecular complexity index is 651. The van der Waals surface area contributed by atoms with E-state index >= 15 is 0 Å². The van der Waals surface area contributed by atoms with Gasteiger partial charge in [0.25, 0.3) is 5.91 Å². The van der Waals surface area contributed by atoms with Crippen LogP contribution in [0.15, 0.2) is 30.3 Å². The number of benzene rings is 1. The fourth-order valence-corrected chi connectivity index (χ4v) is 3.21. The average Bonchev–Trinajstić information content (AvgIpc) is 3.33. The standard InChI is InChI=1S/C20H24N2O3/c23-19(11-10-17-7-2-1-3-8-17)22(15-18-9-6-14-25-18)16-20(24)21-12-4-5-13-21/h1-3,7-8,18H,4-6,9,12-16H2/t18-/m1/s1. The Hall–Kier alpha value is -2.32. The minimum absolute atomic E-state index is 0.00496. The fraction of sp³-hybridized carbons (Fsp3) is 0.500. The van der Waals surface area contributed by atoms with E-state index in [1.165, 1.54) is 0 Å². The summed E-state index contributed by atoms with van der Waals surface area (Å²) in [5.41, 5.74) is 0.791. The van der Waals surface area contributed by atoms with Gasteiger partial charge in [-0.3, -0.25) is 9.59 Å². The molecule has 0 radical (unpaired) electrons. The van der Waals surface area contributed by atoms with Gasteiger partial charge in [0, 0.05) is 37.7 Å². The number of carbonyl (C=O) groups excluding carboxylic acids is 2. The van der Waals surface area contributed by atoms with E-state index in [2.05, 4.69) is 11.8 Å². The van der Waals surface area contributed by atoms with Crippen LogP contribution >= 0.6 is 0 Å². The second kappa shape index (κ2) is 8.68. The van der Waals surface area contributed by atoms with Crippen LogP contribution in [0.3, 0.4) is 0 Å². The summed E-state index contributed by atoms with van der Waals surface area (Å²) < 4.78 is 5.64. The van der Waals surface area contributed by atoms with Crippen LogP contribution < -0.4 is 0 Å². The van der Waals surface area contributed by atoms with E-state index in [1.807, 2.05) is 35.2 Å². The molecule has 25 heavy (non-hydrogen) atoms. The van der Waals surface area contributed by atoms with Crippen molar-refractivity contribution in [2.45, 2.75) is 31.8 Å². The van der Waals surface area contributed by atoms with Crippen molar-refractivity contribution in [3.8, 4) is 11.8 Å². The largest absolute Gasteiger partial charge is 0.376 e. The molecule has 0 unspecified atom stereocenters. The van der Waals surface area contributed by atoms with Crippen molar-refractivity contribution < 1.29 is 14.3 Å². The highest BCUT2D eigenvalue weighted by Crippen LogP contribution is 2.14. The van der Waals surface area contributed by atoms with Crippen LogP contribution in [0.5, 0.6) is 0 Å². The second-order valence-electron chi connectivity index (χ2n) is 6.52. The summed E-state index contributed by atoms with van der Waals surface area (Å²) in [6, 6.07) is 9.40. The highest BCUT2D eigenvalue weighted by molar-refractivity contribution is 5.96. The fourth-order valence-electron chi connectivity index (χ4n) is 3.21. The van der Waals surface area contributed by atoms with Crippen LogP contribution in [0.1, 0.15) is 31.2 Å². The van der Waals surface area contributed by atoms with Crippen LogP contribution in [0.4, 0.5) is 0 Å². The van der Waals surface area contributed by atoms with Crippen LogP contribution in [-0.2, 0) is 14.3 Å². The predicted octanol–water partition coefficient (Wildman–Crippen LogP) is 1.67. The molecular formula is C20H24N2O3. The normalized spacial score (nSPS) is 19.4. The van der Waals surface area contributed by atoms with Crippen molar-refractivity contribution in [2.24, 2.45) is 0 Å². The third-order valence-corrected chi connectivity index (χ3v) is 4.61. The second-order valence-corrected chi connectivity index (χ2v) is 6.52. The van der Waals surface area contributed by atoms with Gasteiger partial charge in [0.05, 0.1) is 6.10 Å². The summed E-state index contributed by atoms with van der Waals surface area (Å²) in [6.07, 6.45) is 4.02. The molecule has 0 spiro atoms. The van der Waals surface area contributed by atoms with Gasteiger partial charge in [-0.2, -0.15) is 0 Å². The molecule has 2 aliphatic heterocycles. The quantitative estimate of drug-likeness (QED) is 0.784. The van der Waals surface area contributed by atoms with E-state index in [4.69, 9.17) is 4.74 Å². The van der Waals surface area contributed by atoms with Crippen LogP contribution in [0.2, 0.25) is 0 Å². The van der Waals surface area contributed by atoms with Crippen molar-refractivity contribution in [1.82, 2.24) is 9.80 Å². The maximum Gasteiger partial charge on any atom is 0.299 e. The SMILES string of the molecule is O=C(C#Cc1ccccc1)N(CC(=O)N1CCCC1)C[C@H]1CCCO1. The maximum atomic E-state index is 12.6. The number of likely N-dealkylation sites (tertiary alicyclic amines) is 1. The minimum atomic E-state index is -0.313. The molecule has 2 fully saturated rings. The lowest BCUT2D eigenvalue weighted by atomic mass is 10.2. The van der Waals surface area contributed by atoms with Crippen molar-refractivity contribution >= 4 is 11.8 Å². The van der Waals surface area contributed by atoms with E-state index in [0.29, 0.717) is 6.54 Å². The van der Waals surface area contributed by atoms with Gasteiger partial charge in [0.1, 0.15) is 6.54 Å². The lowest BCUT2D eigenvalue weighted by Crippen LogP contribution is -2.44. The summed E-state index contributed by atoms with van der Waals surface area (Å²) in [5, 5.41) is 0. The van der Waals surface area contributed by atoms with Crippen molar-refractivity contribution in [1.29, 1.82) is 0 Å². The molecule has 1 aromatic carbocycles. The van der Waals surface area contributed by atoms with Gasteiger partial charge in [0.15, 0.2) is 0 Å². The van der Waals surface area contributed by atoms with Crippen molar-refractivity contribution in [2.75, 3.05) is 32.8 Å². The molecule has 2 heterocycles. The molecule has 0 saturated carbocycles. The number of amides is 2. The highest BCUT2D eigenvalue weighted by atomic mass is 16.5. The molecule has 1 aromatic rings. The molecule has 2 saturated heterocycles. The Kier molecular flexibility index (Phi) is 6.08. The van der Waals surface area contributed by atoms with E-state index < -0.39 is 0 Å². The summed E-state index contributed by atoms with van der Waals surface area (Å²) in [5.74, 6) is 5.26. The molecular weight excluding hydrogens is 316 g/mol. The average molecular weight is 340 g/mol. The molecule has 0 aliphatic carbocycles. The zero-order valence-corrected chi connectivity index (χ0v) is 14.4. The molecule has 5 heteroatoms. The summed E-state index contributed by atoms with van der Waals surface area (Å²) in [6.45, 7) is 2.82. The molecule has 1 atom stereocenters. The van der Waals surface area contributed by atoms with E-state index in [1.54, 1.807) is 4.90 Å². The number of hydrogen-bond acceptors (Lipinski definition) is 3. The summed E-state index contributed by atoms with van der Waals surface area (Å²) >= 11 is 0. The monoisotopic (exact) mass is 340 g/mol. The molecule has 0 N–H and O–H groups in total. The predicted molar refractivity (Wildman–Crippen MR) is 94.7 cm³/mol. The lowest BCUT2D eigenvalue weighted by Gasteiger charge is -2.25. The van der Waals surface area contributed by atoms with Gasteiger partial charge in [-0.1, -0.05) is 24.1 Å². The van der Waals surface area contributed by atoms with Gasteiger partial charge in [0.2, 0.25) is 5.91 Å². The van der Waals surface area contributed by atoms with Gasteiger partial charge in [-0.05, 0) is 37.8 Å². The first-order valence-corrected chi connectivity index (χ1v) is 8.98. The maximum absolute atomic E-state index is 12.6. The molecule has 5 nitrogen and oxygen atoms in total. The zero-order chi connectivity index (χ0) is 17.5.